The van der Waals surface area contributed by atoms with E-state index in [0.717, 1.165) is 6.42 Å². The van der Waals surface area contributed by atoms with Crippen molar-refractivity contribution in [2.45, 2.75) is 39.5 Å². The number of aliphatic hydroxyl groups is 3. The van der Waals surface area contributed by atoms with Crippen LogP contribution in [-0.4, -0.2) is 35.1 Å². The van der Waals surface area contributed by atoms with Crippen LogP contribution in [0.15, 0.2) is 0 Å². The molecule has 0 amide bonds. The monoisotopic (exact) mass is 334 g/mol. The molecular formula is C10H24O8P2. The first-order chi connectivity index (χ1) is 9.39. The zero-order valence-electron chi connectivity index (χ0n) is 11.8. The molecule has 0 spiro atoms. The zero-order chi connectivity index (χ0) is 16.4. The second-order valence-corrected chi connectivity index (χ2v) is 5.12. The van der Waals surface area contributed by atoms with Crippen LogP contribution < -0.4 is 0 Å². The molecule has 1 unspecified atom stereocenters. The van der Waals surface area contributed by atoms with Crippen molar-refractivity contribution in [3.63, 3.8) is 0 Å². The minimum Gasteiger partial charge on any atom is -0.396 e. The Labute approximate surface area is 120 Å². The Kier molecular flexibility index (Phi) is 25.8. The van der Waals surface area contributed by atoms with Crippen LogP contribution in [0.1, 0.15) is 39.5 Å². The molecule has 20 heavy (non-hydrogen) atoms. The molecule has 0 saturated heterocycles. The van der Waals surface area contributed by atoms with Gasteiger partial charge in [-0.15, -0.1) is 0 Å². The quantitative estimate of drug-likeness (QED) is 0.575. The van der Waals surface area contributed by atoms with Crippen molar-refractivity contribution in [1.82, 2.24) is 0 Å². The van der Waals surface area contributed by atoms with Gasteiger partial charge in [-0.2, -0.15) is 4.31 Å². The molecule has 0 aliphatic carbocycles. The summed E-state index contributed by atoms with van der Waals surface area (Å²) in [7, 11) is -6.47. The van der Waals surface area contributed by atoms with Crippen LogP contribution in [-0.2, 0) is 22.6 Å². The lowest BCUT2D eigenvalue weighted by Crippen LogP contribution is -2.03. The molecule has 0 aromatic heterocycles. The lowest BCUT2D eigenvalue weighted by molar-refractivity contribution is 0.186. The van der Waals surface area contributed by atoms with Gasteiger partial charge in [0, 0.05) is 6.61 Å². The second kappa shape index (κ2) is 20.9. The van der Waals surface area contributed by atoms with E-state index in [2.05, 4.69) is 18.2 Å². The number of aliphatic hydroxyl groups excluding tert-OH is 3. The van der Waals surface area contributed by atoms with E-state index >= 15 is 0 Å². The van der Waals surface area contributed by atoms with Gasteiger partial charge in [0.25, 0.3) is 0 Å². The van der Waals surface area contributed by atoms with Crippen molar-refractivity contribution in [2.24, 2.45) is 5.92 Å². The standard InChI is InChI=1S/C8H18O.C2H6O2.O5P2/c1-3-5-6-8(4-2)7-9;3-1-2-4;1-6(2)5-7(3)4/h8-9H,3-7H2,1-2H3;3-4H,1-2H2;. The van der Waals surface area contributed by atoms with Crippen LogP contribution in [0.25, 0.3) is 0 Å². The highest BCUT2D eigenvalue weighted by Crippen LogP contribution is 2.19. The van der Waals surface area contributed by atoms with Crippen LogP contribution in [0.5, 0.6) is 0 Å². The topological polar surface area (TPSA) is 138 Å². The molecule has 0 aromatic carbocycles. The molecule has 3 N–H and O–H groups in total. The summed E-state index contributed by atoms with van der Waals surface area (Å²) >= 11 is 0. The maximum atomic E-state index is 9.24. The summed E-state index contributed by atoms with van der Waals surface area (Å²) in [5.74, 6) is 0.560. The van der Waals surface area contributed by atoms with Crippen LogP contribution in [0.4, 0.5) is 0 Å². The average molecular weight is 334 g/mol. The van der Waals surface area contributed by atoms with E-state index in [1.807, 2.05) is 0 Å². The summed E-state index contributed by atoms with van der Waals surface area (Å²) in [6.45, 7) is 4.44. The molecule has 0 saturated carbocycles. The van der Waals surface area contributed by atoms with Crippen molar-refractivity contribution in [1.29, 1.82) is 0 Å². The Balaban J connectivity index is -0.000000234. The van der Waals surface area contributed by atoms with Gasteiger partial charge in [-0.25, -0.2) is 18.3 Å². The highest BCUT2D eigenvalue weighted by atomic mass is 31.2. The zero-order valence-corrected chi connectivity index (χ0v) is 13.6. The van der Waals surface area contributed by atoms with Crippen molar-refractivity contribution >= 4 is 15.8 Å². The Morgan fingerprint density at radius 3 is 1.55 bits per heavy atom. The van der Waals surface area contributed by atoms with Gasteiger partial charge >= 0.3 is 15.8 Å². The molecule has 0 aliphatic heterocycles. The molecule has 1 atom stereocenters. The van der Waals surface area contributed by atoms with Crippen LogP contribution >= 0.6 is 15.8 Å². The molecule has 0 aromatic rings. The lowest BCUT2D eigenvalue weighted by Gasteiger charge is -2.08. The van der Waals surface area contributed by atoms with Crippen LogP contribution in [0.2, 0.25) is 0 Å². The van der Waals surface area contributed by atoms with Crippen molar-refractivity contribution in [2.75, 3.05) is 19.8 Å². The van der Waals surface area contributed by atoms with E-state index in [0.29, 0.717) is 12.5 Å². The van der Waals surface area contributed by atoms with Gasteiger partial charge in [0.05, 0.1) is 13.2 Å². The molecule has 8 nitrogen and oxygen atoms in total. The predicted molar refractivity (Wildman–Crippen MR) is 72.2 cm³/mol. The summed E-state index contributed by atoms with van der Waals surface area (Å²) in [6, 6.07) is 0. The van der Waals surface area contributed by atoms with Gasteiger partial charge < -0.3 is 15.3 Å². The fourth-order valence-corrected chi connectivity index (χ4v) is 1.41. The van der Waals surface area contributed by atoms with Gasteiger partial charge in [0.15, 0.2) is 0 Å². The van der Waals surface area contributed by atoms with E-state index in [9.17, 15) is 18.3 Å². The molecule has 0 bridgehead atoms. The largest absolute Gasteiger partial charge is 0.481 e. The molecule has 0 heterocycles. The normalized spacial score (nSPS) is 10.4. The van der Waals surface area contributed by atoms with Crippen LogP contribution in [0, 0.1) is 5.92 Å². The number of unbranched alkanes of at least 4 members (excludes halogenated alkanes) is 1. The molecule has 10 heteroatoms. The van der Waals surface area contributed by atoms with Crippen LogP contribution in [0.3, 0.4) is 0 Å². The van der Waals surface area contributed by atoms with E-state index in [-0.39, 0.29) is 13.2 Å². The third kappa shape index (κ3) is 30.6. The summed E-state index contributed by atoms with van der Waals surface area (Å²) in [5.41, 5.74) is 0. The third-order valence-electron chi connectivity index (χ3n) is 2.03. The Bertz CT molecular complexity index is 272. The maximum absolute atomic E-state index is 9.24. The number of hydrogen-bond acceptors (Lipinski definition) is 8. The van der Waals surface area contributed by atoms with E-state index in [1.165, 1.54) is 19.3 Å². The van der Waals surface area contributed by atoms with E-state index < -0.39 is 15.8 Å². The first-order valence-electron chi connectivity index (χ1n) is 6.18. The third-order valence-corrected chi connectivity index (χ3v) is 3.10. The minimum atomic E-state index is -3.24. The fourth-order valence-electron chi connectivity index (χ4n) is 0.972. The molecule has 0 aliphatic rings. The van der Waals surface area contributed by atoms with Gasteiger partial charge in [-0.05, 0) is 12.3 Å². The SMILES string of the molecule is CCCCC(CC)CO.O=P(=O)OP(=O)=O.OCCO. The Hall–Kier alpha value is -0.360. The molecular weight excluding hydrogens is 310 g/mol. The highest BCUT2D eigenvalue weighted by molar-refractivity contribution is 7.39. The Morgan fingerprint density at radius 1 is 0.950 bits per heavy atom. The van der Waals surface area contributed by atoms with Gasteiger partial charge in [0.1, 0.15) is 0 Å². The lowest BCUT2D eigenvalue weighted by atomic mass is 10.0. The highest BCUT2D eigenvalue weighted by Gasteiger charge is 2.01. The first-order valence-corrected chi connectivity index (χ1v) is 8.37. The van der Waals surface area contributed by atoms with Crippen molar-refractivity contribution in [3.8, 4) is 0 Å². The van der Waals surface area contributed by atoms with Gasteiger partial charge in [0.2, 0.25) is 0 Å². The fraction of sp³-hybridized carbons (Fsp3) is 1.00. The summed E-state index contributed by atoms with van der Waals surface area (Å²) in [6.07, 6.45) is 4.83. The van der Waals surface area contributed by atoms with E-state index in [1.54, 1.807) is 0 Å². The molecule has 0 rings (SSSR count). The Morgan fingerprint density at radius 2 is 1.40 bits per heavy atom. The number of hydrogen-bond donors (Lipinski definition) is 3. The molecule has 0 fully saturated rings. The van der Waals surface area contributed by atoms with Crippen molar-refractivity contribution in [3.05, 3.63) is 0 Å². The van der Waals surface area contributed by atoms with Gasteiger partial charge in [-0.1, -0.05) is 33.1 Å². The summed E-state index contributed by atoms with van der Waals surface area (Å²) < 4.78 is 40.1. The first kappa shape index (κ1) is 24.6. The second-order valence-electron chi connectivity index (χ2n) is 3.58. The summed E-state index contributed by atoms with van der Waals surface area (Å²) in [4.78, 5) is 0. The van der Waals surface area contributed by atoms with E-state index in [4.69, 9.17) is 15.3 Å². The minimum absolute atomic E-state index is 0.125. The van der Waals surface area contributed by atoms with Crippen molar-refractivity contribution < 1.29 is 37.9 Å². The smallest absolute Gasteiger partial charge is 0.396 e. The summed E-state index contributed by atoms with van der Waals surface area (Å²) in [5, 5.41) is 24.0. The molecule has 0 radical (unpaired) electrons. The average Bonchev–Trinajstić information content (AvgIpc) is 2.39. The predicted octanol–water partition coefficient (Wildman–Crippen LogP) is 2.34. The molecule has 122 valence electrons. The maximum Gasteiger partial charge on any atom is 0.481 e. The number of rotatable bonds is 8. The van der Waals surface area contributed by atoms with Gasteiger partial charge in [-0.3, -0.25) is 0 Å².